The van der Waals surface area contributed by atoms with E-state index in [0.717, 1.165) is 19.6 Å². The van der Waals surface area contributed by atoms with Crippen LogP contribution in [0.2, 0.25) is 0 Å². The summed E-state index contributed by atoms with van der Waals surface area (Å²) < 4.78 is 46.1. The van der Waals surface area contributed by atoms with Crippen LogP contribution in [-0.4, -0.2) is 68.9 Å². The van der Waals surface area contributed by atoms with Gasteiger partial charge in [0.1, 0.15) is 25.3 Å². The fourth-order valence-corrected chi connectivity index (χ4v) is 5.64. The number of ether oxygens (including phenoxy) is 3. The Morgan fingerprint density at radius 2 is 1.70 bits per heavy atom. The number of aliphatic imine (C=N–C) groups is 1. The van der Waals surface area contributed by atoms with E-state index in [2.05, 4.69) is 39.7 Å². The maximum absolute atomic E-state index is 15.3. The second-order valence-corrected chi connectivity index (χ2v) is 12.0. The molecule has 47 heavy (non-hydrogen) atoms. The van der Waals surface area contributed by atoms with Crippen LogP contribution in [0.4, 0.5) is 25.8 Å². The summed E-state index contributed by atoms with van der Waals surface area (Å²) in [7, 11) is 3.19. The third-order valence-corrected chi connectivity index (χ3v) is 8.69. The monoisotopic (exact) mass is 653 g/mol. The van der Waals surface area contributed by atoms with Gasteiger partial charge >= 0.3 is 0 Å². The van der Waals surface area contributed by atoms with Crippen LogP contribution in [0.15, 0.2) is 59.6 Å². The minimum atomic E-state index is -1.26. The van der Waals surface area contributed by atoms with Gasteiger partial charge in [-0.3, -0.25) is 9.79 Å². The van der Waals surface area contributed by atoms with Crippen molar-refractivity contribution in [3.8, 4) is 17.2 Å². The Balaban J connectivity index is 1.45. The zero-order valence-corrected chi connectivity index (χ0v) is 27.8. The maximum atomic E-state index is 15.3. The zero-order chi connectivity index (χ0) is 34.2. The van der Waals surface area contributed by atoms with Crippen LogP contribution in [-0.2, 0) is 11.4 Å². The highest BCUT2D eigenvalue weighted by atomic mass is 19.1. The van der Waals surface area contributed by atoms with E-state index in [4.69, 9.17) is 14.2 Å². The lowest BCUT2D eigenvalue weighted by atomic mass is 9.92. The summed E-state index contributed by atoms with van der Waals surface area (Å²) in [6.07, 6.45) is 0.670. The van der Waals surface area contributed by atoms with Crippen LogP contribution in [0.1, 0.15) is 39.7 Å². The Kier molecular flexibility index (Phi) is 11.6. The lowest BCUT2D eigenvalue weighted by Gasteiger charge is -2.27. The van der Waals surface area contributed by atoms with E-state index in [1.807, 2.05) is 13.8 Å². The van der Waals surface area contributed by atoms with Gasteiger partial charge in [-0.1, -0.05) is 27.7 Å². The Morgan fingerprint density at radius 1 is 1.02 bits per heavy atom. The summed E-state index contributed by atoms with van der Waals surface area (Å²) in [5.41, 5.74) is 0.297. The van der Waals surface area contributed by atoms with Gasteiger partial charge in [0.15, 0.2) is 23.1 Å². The molecule has 0 heterocycles. The zero-order valence-electron chi connectivity index (χ0n) is 27.8. The molecule has 1 amide bonds. The Morgan fingerprint density at radius 3 is 2.30 bits per heavy atom. The molecule has 4 rings (SSSR count). The Bertz CT molecular complexity index is 1550. The molecule has 1 aliphatic rings. The highest BCUT2D eigenvalue weighted by molar-refractivity contribution is 5.99. The molecule has 10 nitrogen and oxygen atoms in total. The van der Waals surface area contributed by atoms with Crippen molar-refractivity contribution < 1.29 is 32.9 Å². The number of nitrogens with zero attached hydrogens (tertiary/aromatic N) is 2. The number of benzene rings is 3. The highest BCUT2D eigenvalue weighted by Gasteiger charge is 2.70. The van der Waals surface area contributed by atoms with E-state index >= 15 is 4.39 Å². The number of aliphatic hydroxyl groups is 1. The first-order chi connectivity index (χ1) is 22.5. The number of hydrogen-bond donors (Lipinski definition) is 4. The van der Waals surface area contributed by atoms with Crippen LogP contribution < -0.4 is 30.2 Å². The molecule has 4 N–H and O–H groups in total. The summed E-state index contributed by atoms with van der Waals surface area (Å²) >= 11 is 0. The number of anilines is 3. The van der Waals surface area contributed by atoms with Gasteiger partial charge in [-0.2, -0.15) is 0 Å². The molecule has 2 unspecified atom stereocenters. The number of methoxy groups -OCH3 is 1. The predicted octanol–water partition coefficient (Wildman–Crippen LogP) is 6.13. The molecule has 2 atom stereocenters. The van der Waals surface area contributed by atoms with E-state index in [1.54, 1.807) is 26.3 Å². The number of nitrogens with one attached hydrogen (secondary N) is 3. The van der Waals surface area contributed by atoms with Crippen LogP contribution in [0, 0.1) is 22.5 Å². The van der Waals surface area contributed by atoms with Crippen molar-refractivity contribution in [1.82, 2.24) is 4.90 Å². The van der Waals surface area contributed by atoms with E-state index in [-0.39, 0.29) is 18.0 Å². The molecule has 0 radical (unpaired) electrons. The smallest absolute Gasteiger partial charge is 0.235 e. The average molecular weight is 654 g/mol. The molecule has 0 saturated heterocycles. The molecule has 0 aromatic heterocycles. The molecule has 3 aromatic carbocycles. The minimum Gasteiger partial charge on any atom is -0.493 e. The van der Waals surface area contributed by atoms with Gasteiger partial charge in [0.2, 0.25) is 5.91 Å². The van der Waals surface area contributed by atoms with Gasteiger partial charge in [0.05, 0.1) is 18.9 Å². The van der Waals surface area contributed by atoms with Gasteiger partial charge in [0.25, 0.3) is 0 Å². The molecule has 254 valence electrons. The summed E-state index contributed by atoms with van der Waals surface area (Å²) in [6.45, 7) is 11.0. The topological polar surface area (TPSA) is 117 Å². The normalized spacial score (nSPS) is 17.3. The minimum absolute atomic E-state index is 0.00283. The largest absolute Gasteiger partial charge is 0.493 e. The fourth-order valence-electron chi connectivity index (χ4n) is 5.64. The number of amides is 1. The van der Waals surface area contributed by atoms with Gasteiger partial charge in [0, 0.05) is 48.4 Å². The van der Waals surface area contributed by atoms with Crippen molar-refractivity contribution in [3.63, 3.8) is 0 Å². The van der Waals surface area contributed by atoms with E-state index in [1.165, 1.54) is 48.8 Å². The van der Waals surface area contributed by atoms with Crippen molar-refractivity contribution >= 4 is 29.3 Å². The van der Waals surface area contributed by atoms with E-state index in [0.29, 0.717) is 41.5 Å². The second-order valence-electron chi connectivity index (χ2n) is 12.0. The van der Waals surface area contributed by atoms with Crippen LogP contribution in [0.3, 0.4) is 0 Å². The molecule has 0 aliphatic heterocycles. The SMILES string of the molecule is CCN(CC)CCOc1cc(NC=NC)c(COc2ccc(NC(=O)C3(C(O)Nc4ccc(F)cc4)CC3(C)C)cc2F)cc1OC. The first kappa shape index (κ1) is 35.4. The van der Waals surface area contributed by atoms with Crippen molar-refractivity contribution in [3.05, 3.63) is 71.8 Å². The van der Waals surface area contributed by atoms with Gasteiger partial charge in [-0.15, -0.1) is 0 Å². The third-order valence-electron chi connectivity index (χ3n) is 8.69. The Labute approximate surface area is 275 Å². The number of aliphatic hydroxyl groups excluding tert-OH is 1. The van der Waals surface area contributed by atoms with Crippen molar-refractivity contribution in [2.24, 2.45) is 15.8 Å². The molecule has 3 aromatic rings. The lowest BCUT2D eigenvalue weighted by Crippen LogP contribution is -2.42. The fraction of sp³-hybridized carbons (Fsp3) is 0.429. The molecule has 0 bridgehead atoms. The van der Waals surface area contributed by atoms with Crippen molar-refractivity contribution in [2.75, 3.05) is 56.3 Å². The molecular formula is C35H45F2N5O5. The van der Waals surface area contributed by atoms with E-state index < -0.39 is 34.6 Å². The molecule has 1 fully saturated rings. The molecular weight excluding hydrogens is 608 g/mol. The van der Waals surface area contributed by atoms with E-state index in [9.17, 15) is 14.3 Å². The third kappa shape index (κ3) is 8.30. The van der Waals surface area contributed by atoms with Crippen LogP contribution in [0.5, 0.6) is 17.2 Å². The van der Waals surface area contributed by atoms with Crippen LogP contribution in [0.25, 0.3) is 0 Å². The average Bonchev–Trinajstić information content (AvgIpc) is 3.66. The quantitative estimate of drug-likeness (QED) is 0.0782. The number of halogens is 2. The number of carbonyl (C=O) groups excluding carboxylic acids is 1. The summed E-state index contributed by atoms with van der Waals surface area (Å²) in [4.78, 5) is 19.7. The lowest BCUT2D eigenvalue weighted by molar-refractivity contribution is -0.126. The molecule has 0 spiro atoms. The summed E-state index contributed by atoms with van der Waals surface area (Å²) in [5.74, 6) is -0.505. The second kappa shape index (κ2) is 15.4. The van der Waals surface area contributed by atoms with Crippen molar-refractivity contribution in [2.45, 2.75) is 47.0 Å². The molecule has 1 saturated carbocycles. The van der Waals surface area contributed by atoms with Crippen molar-refractivity contribution in [1.29, 1.82) is 0 Å². The summed E-state index contributed by atoms with van der Waals surface area (Å²) in [5, 5.41) is 19.8. The van der Waals surface area contributed by atoms with Gasteiger partial charge < -0.3 is 40.2 Å². The predicted molar refractivity (Wildman–Crippen MR) is 181 cm³/mol. The highest BCUT2D eigenvalue weighted by Crippen LogP contribution is 2.65. The maximum Gasteiger partial charge on any atom is 0.235 e. The Hall–Kier alpha value is -4.42. The first-order valence-corrected chi connectivity index (χ1v) is 15.6. The first-order valence-electron chi connectivity index (χ1n) is 15.6. The number of likely N-dealkylation sites (N-methyl/N-ethyl adjacent to an activating group) is 1. The molecule has 1 aliphatic carbocycles. The van der Waals surface area contributed by atoms with Crippen LogP contribution >= 0.6 is 0 Å². The van der Waals surface area contributed by atoms with Gasteiger partial charge in [-0.25, -0.2) is 8.78 Å². The summed E-state index contributed by atoms with van der Waals surface area (Å²) in [6, 6.07) is 13.2. The number of rotatable bonds is 17. The molecule has 12 heteroatoms. The van der Waals surface area contributed by atoms with Gasteiger partial charge in [-0.05, 0) is 67.4 Å². The standard InChI is InChI=1S/C35H45F2N5O5/c1-7-42(8-2)15-16-46-31-19-28(39-22-38-5)23(17-30(31)45-6)20-47-29-14-13-26(18-27(29)37)41-33(44)35(21-34(35,3)4)32(43)40-25-11-9-24(36)10-12-25/h9-14,17-19,22,32,40,43H,7-8,15-16,20-21H2,1-6H3,(H,38,39)(H,41,44). The number of hydrogen-bond acceptors (Lipinski definition) is 8. The number of carbonyl (C=O) groups is 1.